The van der Waals surface area contributed by atoms with Crippen molar-refractivity contribution in [3.63, 3.8) is 0 Å². The molecular weight excluding hydrogens is 212 g/mol. The summed E-state index contributed by atoms with van der Waals surface area (Å²) in [6, 6.07) is 3.93. The van der Waals surface area contributed by atoms with Crippen LogP contribution >= 0.6 is 0 Å². The van der Waals surface area contributed by atoms with E-state index in [1.807, 2.05) is 19.1 Å². The Morgan fingerprint density at radius 2 is 2.06 bits per heavy atom. The minimum atomic E-state index is 0.160. The van der Waals surface area contributed by atoms with E-state index in [1.54, 1.807) is 7.11 Å². The first-order valence-corrected chi connectivity index (χ1v) is 6.23. The van der Waals surface area contributed by atoms with Gasteiger partial charge in [-0.2, -0.15) is 0 Å². The molecule has 0 unspecified atom stereocenters. The molecule has 3 nitrogen and oxygen atoms in total. The number of rotatable bonds is 6. The van der Waals surface area contributed by atoms with E-state index < -0.39 is 0 Å². The van der Waals surface area contributed by atoms with Crippen LogP contribution < -0.4 is 10.1 Å². The molecule has 0 radical (unpaired) electrons. The summed E-state index contributed by atoms with van der Waals surface area (Å²) in [5.41, 5.74) is 2.19. The summed E-state index contributed by atoms with van der Waals surface area (Å²) in [5.74, 6) is 0.877. The van der Waals surface area contributed by atoms with Crippen LogP contribution in [0.4, 0.5) is 0 Å². The van der Waals surface area contributed by atoms with Crippen molar-refractivity contribution in [1.29, 1.82) is 0 Å². The summed E-state index contributed by atoms with van der Waals surface area (Å²) < 4.78 is 5.25. The molecule has 1 heterocycles. The fourth-order valence-corrected chi connectivity index (χ4v) is 1.95. The van der Waals surface area contributed by atoms with Crippen LogP contribution in [0.3, 0.4) is 0 Å². The van der Waals surface area contributed by atoms with Crippen molar-refractivity contribution in [2.45, 2.75) is 52.6 Å². The molecule has 0 saturated carbocycles. The quantitative estimate of drug-likeness (QED) is 0.824. The molecule has 1 aromatic heterocycles. The molecule has 0 aliphatic carbocycles. The van der Waals surface area contributed by atoms with Crippen LogP contribution in [0.1, 0.15) is 45.0 Å². The number of methoxy groups -OCH3 is 1. The number of aryl methyl sites for hydroxylation is 1. The van der Waals surface area contributed by atoms with Gasteiger partial charge in [0.15, 0.2) is 0 Å². The molecule has 0 aromatic carbocycles. The molecule has 1 aromatic rings. The monoisotopic (exact) mass is 236 g/mol. The highest BCUT2D eigenvalue weighted by Crippen LogP contribution is 2.15. The van der Waals surface area contributed by atoms with Crippen molar-refractivity contribution in [2.75, 3.05) is 7.11 Å². The lowest BCUT2D eigenvalue weighted by molar-refractivity contribution is 0.353. The summed E-state index contributed by atoms with van der Waals surface area (Å²) in [6.45, 7) is 9.43. The van der Waals surface area contributed by atoms with Gasteiger partial charge in [0.1, 0.15) is 5.75 Å². The predicted molar refractivity (Wildman–Crippen MR) is 71.4 cm³/mol. The van der Waals surface area contributed by atoms with Gasteiger partial charge in [-0.3, -0.25) is 4.98 Å². The zero-order valence-electron chi connectivity index (χ0n) is 11.6. The van der Waals surface area contributed by atoms with Gasteiger partial charge in [-0.25, -0.2) is 0 Å². The van der Waals surface area contributed by atoms with Crippen LogP contribution in [0.5, 0.6) is 5.75 Å². The Morgan fingerprint density at radius 3 is 2.65 bits per heavy atom. The van der Waals surface area contributed by atoms with Crippen LogP contribution in [0.2, 0.25) is 0 Å². The fraction of sp³-hybridized carbons (Fsp3) is 0.643. The molecule has 17 heavy (non-hydrogen) atoms. The van der Waals surface area contributed by atoms with Crippen LogP contribution in [0.25, 0.3) is 0 Å². The van der Waals surface area contributed by atoms with Gasteiger partial charge in [-0.15, -0.1) is 0 Å². The normalized spacial score (nSPS) is 11.6. The molecule has 0 amide bonds. The first-order chi connectivity index (χ1) is 7.96. The third-order valence-electron chi connectivity index (χ3n) is 2.84. The van der Waals surface area contributed by atoms with Gasteiger partial charge >= 0.3 is 0 Å². The van der Waals surface area contributed by atoms with Gasteiger partial charge in [-0.05, 0) is 27.2 Å². The molecule has 1 N–H and O–H groups in total. The van der Waals surface area contributed by atoms with Gasteiger partial charge in [0.25, 0.3) is 0 Å². The molecule has 1 rings (SSSR count). The Labute approximate surface area is 105 Å². The number of pyridine rings is 1. The van der Waals surface area contributed by atoms with Crippen molar-refractivity contribution >= 4 is 0 Å². The van der Waals surface area contributed by atoms with E-state index in [2.05, 4.69) is 31.1 Å². The molecule has 96 valence electrons. The van der Waals surface area contributed by atoms with Crippen LogP contribution in [-0.4, -0.2) is 17.6 Å². The average Bonchev–Trinajstić information content (AvgIpc) is 2.26. The minimum absolute atomic E-state index is 0.160. The SMILES string of the molecule is CCCC(C)(C)NCc1cc(OC)cc(C)n1. The second-order valence-electron chi connectivity index (χ2n) is 5.13. The third-order valence-corrected chi connectivity index (χ3v) is 2.84. The number of aromatic nitrogens is 1. The molecule has 0 saturated heterocycles. The minimum Gasteiger partial charge on any atom is -0.497 e. The van der Waals surface area contributed by atoms with Crippen molar-refractivity contribution < 1.29 is 4.74 Å². The summed E-state index contributed by atoms with van der Waals surface area (Å²) >= 11 is 0. The van der Waals surface area contributed by atoms with E-state index in [0.717, 1.165) is 30.1 Å². The Hall–Kier alpha value is -1.09. The zero-order chi connectivity index (χ0) is 12.9. The lowest BCUT2D eigenvalue weighted by Gasteiger charge is -2.25. The Morgan fingerprint density at radius 1 is 1.35 bits per heavy atom. The molecule has 0 atom stereocenters. The lowest BCUT2D eigenvalue weighted by Crippen LogP contribution is -2.38. The maximum atomic E-state index is 5.25. The summed E-state index contributed by atoms with van der Waals surface area (Å²) in [7, 11) is 1.69. The molecule has 0 spiro atoms. The Bertz CT molecular complexity index is 361. The fourth-order valence-electron chi connectivity index (χ4n) is 1.95. The average molecular weight is 236 g/mol. The molecule has 0 bridgehead atoms. The number of nitrogens with zero attached hydrogens (tertiary/aromatic N) is 1. The standard InChI is InChI=1S/C14H24N2O/c1-6-7-14(3,4)15-10-12-9-13(17-5)8-11(2)16-12/h8-9,15H,6-7,10H2,1-5H3. The van der Waals surface area contributed by atoms with Gasteiger partial charge < -0.3 is 10.1 Å². The van der Waals surface area contributed by atoms with Crippen molar-refractivity contribution in [1.82, 2.24) is 10.3 Å². The number of nitrogens with one attached hydrogen (secondary N) is 1. The largest absolute Gasteiger partial charge is 0.497 e. The van der Waals surface area contributed by atoms with Gasteiger partial charge in [0.05, 0.1) is 12.8 Å². The van der Waals surface area contributed by atoms with Crippen molar-refractivity contribution in [2.24, 2.45) is 0 Å². The Balaban J connectivity index is 2.65. The van der Waals surface area contributed by atoms with E-state index in [0.29, 0.717) is 0 Å². The maximum Gasteiger partial charge on any atom is 0.122 e. The first-order valence-electron chi connectivity index (χ1n) is 6.23. The van der Waals surface area contributed by atoms with Gasteiger partial charge in [0.2, 0.25) is 0 Å². The lowest BCUT2D eigenvalue weighted by atomic mass is 9.99. The van der Waals surface area contributed by atoms with E-state index in [-0.39, 0.29) is 5.54 Å². The number of hydrogen-bond donors (Lipinski definition) is 1. The van der Waals surface area contributed by atoms with Crippen LogP contribution in [0, 0.1) is 6.92 Å². The summed E-state index contributed by atoms with van der Waals surface area (Å²) in [6.07, 6.45) is 2.35. The van der Waals surface area contributed by atoms with Crippen LogP contribution in [0.15, 0.2) is 12.1 Å². The zero-order valence-corrected chi connectivity index (χ0v) is 11.6. The van der Waals surface area contributed by atoms with E-state index in [1.165, 1.54) is 6.42 Å². The predicted octanol–water partition coefficient (Wildman–Crippen LogP) is 3.07. The molecule has 0 aliphatic rings. The van der Waals surface area contributed by atoms with Crippen molar-refractivity contribution in [3.05, 3.63) is 23.5 Å². The van der Waals surface area contributed by atoms with Crippen molar-refractivity contribution in [3.8, 4) is 5.75 Å². The highest BCUT2D eigenvalue weighted by molar-refractivity contribution is 5.26. The second kappa shape index (κ2) is 6.01. The highest BCUT2D eigenvalue weighted by atomic mass is 16.5. The second-order valence-corrected chi connectivity index (χ2v) is 5.13. The maximum absolute atomic E-state index is 5.25. The Kier molecular flexibility index (Phi) is 4.94. The van der Waals surface area contributed by atoms with Gasteiger partial charge in [0, 0.05) is 29.9 Å². The third kappa shape index (κ3) is 4.73. The van der Waals surface area contributed by atoms with Crippen LogP contribution in [-0.2, 0) is 6.54 Å². The summed E-state index contributed by atoms with van der Waals surface area (Å²) in [4.78, 5) is 4.50. The summed E-state index contributed by atoms with van der Waals surface area (Å²) in [5, 5.41) is 3.54. The van der Waals surface area contributed by atoms with E-state index >= 15 is 0 Å². The van der Waals surface area contributed by atoms with E-state index in [9.17, 15) is 0 Å². The molecule has 0 aliphatic heterocycles. The highest BCUT2D eigenvalue weighted by Gasteiger charge is 2.15. The number of ether oxygens (including phenoxy) is 1. The molecule has 0 fully saturated rings. The molecule has 3 heteroatoms. The number of hydrogen-bond acceptors (Lipinski definition) is 3. The topological polar surface area (TPSA) is 34.1 Å². The first kappa shape index (κ1) is 14.0. The molecular formula is C14H24N2O. The van der Waals surface area contributed by atoms with Gasteiger partial charge in [-0.1, -0.05) is 13.3 Å². The smallest absolute Gasteiger partial charge is 0.122 e. The van der Waals surface area contributed by atoms with E-state index in [4.69, 9.17) is 4.74 Å².